The van der Waals surface area contributed by atoms with Crippen LogP contribution < -0.4 is 5.32 Å². The van der Waals surface area contributed by atoms with Gasteiger partial charge in [0, 0.05) is 12.1 Å². The van der Waals surface area contributed by atoms with Crippen molar-refractivity contribution in [3.8, 4) is 0 Å². The van der Waals surface area contributed by atoms with E-state index in [0.717, 1.165) is 0 Å². The van der Waals surface area contributed by atoms with Crippen LogP contribution in [0.15, 0.2) is 0 Å². The number of nitrogens with one attached hydrogen (secondary N) is 1. The molecule has 0 aromatic rings. The van der Waals surface area contributed by atoms with Crippen molar-refractivity contribution in [1.82, 2.24) is 10.2 Å². The highest BCUT2D eigenvalue weighted by Gasteiger charge is 2.33. The highest BCUT2D eigenvalue weighted by atomic mass is 15.2. The molecule has 1 atom stereocenters. The van der Waals surface area contributed by atoms with E-state index in [1.165, 1.54) is 58.3 Å². The number of likely N-dealkylation sites (N-methyl/N-ethyl adjacent to an activating group) is 1. The molecule has 0 bridgehead atoms. The predicted molar refractivity (Wildman–Crippen MR) is 67.3 cm³/mol. The molecule has 2 heteroatoms. The average Bonchev–Trinajstić information content (AvgIpc) is 2.67. The molecule has 0 aliphatic carbocycles. The van der Waals surface area contributed by atoms with E-state index in [0.29, 0.717) is 5.54 Å². The van der Waals surface area contributed by atoms with Crippen LogP contribution in [0.3, 0.4) is 0 Å². The van der Waals surface area contributed by atoms with Crippen molar-refractivity contribution in [3.63, 3.8) is 0 Å². The van der Waals surface area contributed by atoms with Gasteiger partial charge in [-0.3, -0.25) is 0 Å². The first-order chi connectivity index (χ1) is 7.26. The molecule has 0 radical (unpaired) electrons. The molecule has 1 saturated heterocycles. The number of hydrogen-bond acceptors (Lipinski definition) is 2. The zero-order valence-electron chi connectivity index (χ0n) is 10.8. The van der Waals surface area contributed by atoms with Gasteiger partial charge in [-0.1, -0.05) is 27.2 Å². The van der Waals surface area contributed by atoms with Gasteiger partial charge in [-0.15, -0.1) is 0 Å². The van der Waals surface area contributed by atoms with Crippen LogP contribution in [0.5, 0.6) is 0 Å². The molecule has 90 valence electrons. The standard InChI is InChI=1S/C13H28N2/c1-4-8-13(9-7-10-14-13)12-15(6-3)11-5-2/h14H,4-12H2,1-3H3. The maximum absolute atomic E-state index is 3.75. The minimum atomic E-state index is 0.444. The maximum atomic E-state index is 3.75. The third kappa shape index (κ3) is 3.76. The monoisotopic (exact) mass is 212 g/mol. The van der Waals surface area contributed by atoms with Gasteiger partial charge < -0.3 is 10.2 Å². The summed E-state index contributed by atoms with van der Waals surface area (Å²) in [5, 5.41) is 3.75. The summed E-state index contributed by atoms with van der Waals surface area (Å²) in [5.41, 5.74) is 0.444. The summed E-state index contributed by atoms with van der Waals surface area (Å²) in [6, 6.07) is 0. The summed E-state index contributed by atoms with van der Waals surface area (Å²) < 4.78 is 0. The molecule has 1 aliphatic heterocycles. The van der Waals surface area contributed by atoms with Crippen LogP contribution in [0.2, 0.25) is 0 Å². The fraction of sp³-hybridized carbons (Fsp3) is 1.00. The third-order valence-electron chi connectivity index (χ3n) is 3.57. The summed E-state index contributed by atoms with van der Waals surface area (Å²) in [5.74, 6) is 0. The Kier molecular flexibility index (Phi) is 5.62. The first kappa shape index (κ1) is 13.0. The zero-order valence-corrected chi connectivity index (χ0v) is 10.8. The fourth-order valence-electron chi connectivity index (χ4n) is 2.87. The smallest absolute Gasteiger partial charge is 0.0309 e. The molecule has 2 nitrogen and oxygen atoms in total. The van der Waals surface area contributed by atoms with E-state index in [-0.39, 0.29) is 0 Å². The molecule has 0 spiro atoms. The van der Waals surface area contributed by atoms with Crippen molar-refractivity contribution in [2.24, 2.45) is 0 Å². The topological polar surface area (TPSA) is 15.3 Å². The van der Waals surface area contributed by atoms with Gasteiger partial charge in [0.25, 0.3) is 0 Å². The minimum Gasteiger partial charge on any atom is -0.310 e. The highest BCUT2D eigenvalue weighted by Crippen LogP contribution is 2.25. The lowest BCUT2D eigenvalue weighted by molar-refractivity contribution is 0.190. The molecule has 0 amide bonds. The average molecular weight is 212 g/mol. The summed E-state index contributed by atoms with van der Waals surface area (Å²) in [4.78, 5) is 2.61. The number of hydrogen-bond donors (Lipinski definition) is 1. The third-order valence-corrected chi connectivity index (χ3v) is 3.57. The second kappa shape index (κ2) is 6.49. The second-order valence-corrected chi connectivity index (χ2v) is 4.93. The van der Waals surface area contributed by atoms with E-state index in [1.54, 1.807) is 0 Å². The van der Waals surface area contributed by atoms with Crippen molar-refractivity contribution in [2.45, 2.75) is 58.4 Å². The Morgan fingerprint density at radius 3 is 2.47 bits per heavy atom. The molecular formula is C13H28N2. The zero-order chi connectivity index (χ0) is 11.1. The molecule has 1 unspecified atom stereocenters. The van der Waals surface area contributed by atoms with Crippen LogP contribution >= 0.6 is 0 Å². The van der Waals surface area contributed by atoms with E-state index in [2.05, 4.69) is 31.0 Å². The molecule has 0 aromatic heterocycles. The summed E-state index contributed by atoms with van der Waals surface area (Å²) in [6.45, 7) is 11.8. The SMILES string of the molecule is CCCN(CC)CC1(CCC)CCCN1. The van der Waals surface area contributed by atoms with E-state index >= 15 is 0 Å². The van der Waals surface area contributed by atoms with Gasteiger partial charge in [-0.25, -0.2) is 0 Å². The summed E-state index contributed by atoms with van der Waals surface area (Å²) in [7, 11) is 0. The largest absolute Gasteiger partial charge is 0.310 e. The Morgan fingerprint density at radius 1 is 1.20 bits per heavy atom. The molecule has 15 heavy (non-hydrogen) atoms. The van der Waals surface area contributed by atoms with E-state index in [4.69, 9.17) is 0 Å². The van der Waals surface area contributed by atoms with Crippen molar-refractivity contribution in [2.75, 3.05) is 26.2 Å². The molecule has 1 rings (SSSR count). The van der Waals surface area contributed by atoms with Gasteiger partial charge >= 0.3 is 0 Å². The predicted octanol–water partition coefficient (Wildman–Crippen LogP) is 2.64. The minimum absolute atomic E-state index is 0.444. The Hall–Kier alpha value is -0.0800. The molecule has 1 heterocycles. The van der Waals surface area contributed by atoms with Crippen molar-refractivity contribution in [1.29, 1.82) is 0 Å². The van der Waals surface area contributed by atoms with Gasteiger partial charge in [0.1, 0.15) is 0 Å². The van der Waals surface area contributed by atoms with Gasteiger partial charge in [0.2, 0.25) is 0 Å². The van der Waals surface area contributed by atoms with E-state index in [9.17, 15) is 0 Å². The quantitative estimate of drug-likeness (QED) is 0.698. The normalized spacial score (nSPS) is 26.4. The number of rotatable bonds is 7. The maximum Gasteiger partial charge on any atom is 0.0309 e. The number of nitrogens with zero attached hydrogens (tertiary/aromatic N) is 1. The van der Waals surface area contributed by atoms with Crippen molar-refractivity contribution < 1.29 is 0 Å². The Bertz CT molecular complexity index is 162. The van der Waals surface area contributed by atoms with Crippen LogP contribution in [0.25, 0.3) is 0 Å². The Labute approximate surface area is 95.4 Å². The molecule has 1 fully saturated rings. The molecule has 1 aliphatic rings. The molecule has 1 N–H and O–H groups in total. The first-order valence-corrected chi connectivity index (χ1v) is 6.73. The van der Waals surface area contributed by atoms with Gasteiger partial charge in [0.15, 0.2) is 0 Å². The van der Waals surface area contributed by atoms with Crippen LogP contribution in [0.4, 0.5) is 0 Å². The molecule has 0 aromatic carbocycles. The summed E-state index contributed by atoms with van der Waals surface area (Å²) >= 11 is 0. The Balaban J connectivity index is 2.48. The van der Waals surface area contributed by atoms with Gasteiger partial charge in [-0.05, 0) is 45.3 Å². The van der Waals surface area contributed by atoms with Crippen molar-refractivity contribution >= 4 is 0 Å². The summed E-state index contributed by atoms with van der Waals surface area (Å²) in [6.07, 6.45) is 6.66. The fourth-order valence-corrected chi connectivity index (χ4v) is 2.87. The van der Waals surface area contributed by atoms with Crippen LogP contribution in [-0.2, 0) is 0 Å². The van der Waals surface area contributed by atoms with Gasteiger partial charge in [-0.2, -0.15) is 0 Å². The second-order valence-electron chi connectivity index (χ2n) is 4.93. The Morgan fingerprint density at radius 2 is 2.00 bits per heavy atom. The lowest BCUT2D eigenvalue weighted by Gasteiger charge is -2.35. The van der Waals surface area contributed by atoms with Crippen LogP contribution in [-0.4, -0.2) is 36.6 Å². The van der Waals surface area contributed by atoms with Crippen LogP contribution in [0.1, 0.15) is 52.9 Å². The van der Waals surface area contributed by atoms with E-state index < -0.39 is 0 Å². The van der Waals surface area contributed by atoms with Crippen molar-refractivity contribution in [3.05, 3.63) is 0 Å². The highest BCUT2D eigenvalue weighted by molar-refractivity contribution is 4.95. The molecule has 0 saturated carbocycles. The van der Waals surface area contributed by atoms with Gasteiger partial charge in [0.05, 0.1) is 0 Å². The van der Waals surface area contributed by atoms with E-state index in [1.807, 2.05) is 0 Å². The molecular weight excluding hydrogens is 184 g/mol. The first-order valence-electron chi connectivity index (χ1n) is 6.73. The lowest BCUT2D eigenvalue weighted by atomic mass is 9.91. The van der Waals surface area contributed by atoms with Crippen LogP contribution in [0, 0.1) is 0 Å². The lowest BCUT2D eigenvalue weighted by Crippen LogP contribution is -2.50.